The number of ether oxygens (including phenoxy) is 1. The van der Waals surface area contributed by atoms with E-state index in [2.05, 4.69) is 17.2 Å². The molecule has 5 heteroatoms. The van der Waals surface area contributed by atoms with Crippen LogP contribution in [0.5, 0.6) is 5.88 Å². The maximum absolute atomic E-state index is 12.3. The molecule has 2 heterocycles. The third-order valence-electron chi connectivity index (χ3n) is 4.52. The number of rotatable bonds is 4. The highest BCUT2D eigenvalue weighted by atomic mass is 32.2. The number of pyridine rings is 1. The Labute approximate surface area is 136 Å². The van der Waals surface area contributed by atoms with E-state index in [0.29, 0.717) is 17.5 Å². The second-order valence-electron chi connectivity index (χ2n) is 6.42. The number of amides is 1. The van der Waals surface area contributed by atoms with Crippen molar-refractivity contribution in [3.05, 3.63) is 23.9 Å². The number of carbonyl (C=O) groups is 1. The number of hydrogen-bond acceptors (Lipinski definition) is 4. The van der Waals surface area contributed by atoms with Gasteiger partial charge in [0.2, 0.25) is 5.88 Å². The first kappa shape index (κ1) is 15.7. The van der Waals surface area contributed by atoms with Crippen LogP contribution in [0.2, 0.25) is 0 Å². The van der Waals surface area contributed by atoms with E-state index in [1.165, 1.54) is 12.8 Å². The Bertz CT molecular complexity index is 492. The summed E-state index contributed by atoms with van der Waals surface area (Å²) in [4.78, 5) is 16.5. The van der Waals surface area contributed by atoms with Crippen molar-refractivity contribution in [1.29, 1.82) is 0 Å². The van der Waals surface area contributed by atoms with Gasteiger partial charge in [-0.1, -0.05) is 6.92 Å². The monoisotopic (exact) mass is 320 g/mol. The smallest absolute Gasteiger partial charge is 0.253 e. The van der Waals surface area contributed by atoms with Crippen LogP contribution in [0.1, 0.15) is 49.4 Å². The van der Waals surface area contributed by atoms with Gasteiger partial charge in [-0.25, -0.2) is 4.98 Å². The predicted octanol–water partition coefficient (Wildman–Crippen LogP) is 3.27. The van der Waals surface area contributed by atoms with Crippen LogP contribution in [-0.4, -0.2) is 34.5 Å². The highest BCUT2D eigenvalue weighted by Crippen LogP contribution is 2.24. The van der Waals surface area contributed by atoms with Gasteiger partial charge >= 0.3 is 0 Å². The fourth-order valence-corrected chi connectivity index (χ4v) is 4.13. The predicted molar refractivity (Wildman–Crippen MR) is 89.5 cm³/mol. The number of aromatic nitrogens is 1. The molecule has 22 heavy (non-hydrogen) atoms. The highest BCUT2D eigenvalue weighted by molar-refractivity contribution is 7.99. The molecule has 1 aromatic rings. The zero-order valence-corrected chi connectivity index (χ0v) is 13.9. The first-order chi connectivity index (χ1) is 10.7. The Morgan fingerprint density at radius 1 is 1.27 bits per heavy atom. The van der Waals surface area contributed by atoms with Gasteiger partial charge < -0.3 is 10.1 Å². The lowest BCUT2D eigenvalue weighted by Gasteiger charge is -2.26. The lowest BCUT2D eigenvalue weighted by atomic mass is 9.87. The van der Waals surface area contributed by atoms with Gasteiger partial charge in [0.25, 0.3) is 5.91 Å². The third-order valence-corrected chi connectivity index (χ3v) is 5.66. The molecule has 2 aliphatic rings. The van der Waals surface area contributed by atoms with Crippen molar-refractivity contribution in [2.75, 3.05) is 11.5 Å². The summed E-state index contributed by atoms with van der Waals surface area (Å²) in [6.07, 6.45) is 7.54. The van der Waals surface area contributed by atoms with Gasteiger partial charge in [0.15, 0.2) is 0 Å². The van der Waals surface area contributed by atoms with Crippen LogP contribution < -0.4 is 10.1 Å². The van der Waals surface area contributed by atoms with E-state index in [9.17, 15) is 4.79 Å². The zero-order chi connectivity index (χ0) is 15.4. The largest absolute Gasteiger partial charge is 0.473 e. The summed E-state index contributed by atoms with van der Waals surface area (Å²) in [5.41, 5.74) is 0.617. The molecule has 0 bridgehead atoms. The second-order valence-corrected chi connectivity index (χ2v) is 7.57. The van der Waals surface area contributed by atoms with E-state index in [1.807, 2.05) is 17.8 Å². The molecule has 1 N–H and O–H groups in total. The summed E-state index contributed by atoms with van der Waals surface area (Å²) in [6.45, 7) is 2.28. The molecule has 1 saturated heterocycles. The van der Waals surface area contributed by atoms with Gasteiger partial charge in [-0.05, 0) is 49.8 Å². The first-order valence-electron chi connectivity index (χ1n) is 8.22. The van der Waals surface area contributed by atoms with E-state index in [0.717, 1.165) is 36.7 Å². The number of carbonyl (C=O) groups excluding carboxylic acids is 1. The normalized spacial score (nSPS) is 28.3. The van der Waals surface area contributed by atoms with E-state index in [1.54, 1.807) is 12.3 Å². The lowest BCUT2D eigenvalue weighted by Crippen LogP contribution is -2.37. The Morgan fingerprint density at radius 3 is 2.73 bits per heavy atom. The van der Waals surface area contributed by atoms with Crippen molar-refractivity contribution in [2.24, 2.45) is 5.92 Å². The topological polar surface area (TPSA) is 51.2 Å². The van der Waals surface area contributed by atoms with Gasteiger partial charge in [0, 0.05) is 24.1 Å². The quantitative estimate of drug-likeness (QED) is 0.925. The van der Waals surface area contributed by atoms with Gasteiger partial charge in [0.05, 0.1) is 5.56 Å². The fraction of sp³-hybridized carbons (Fsp3) is 0.647. The van der Waals surface area contributed by atoms with Gasteiger partial charge in [-0.2, -0.15) is 11.8 Å². The van der Waals surface area contributed by atoms with Crippen LogP contribution in [0, 0.1) is 5.92 Å². The molecule has 0 radical (unpaired) electrons. The summed E-state index contributed by atoms with van der Waals surface area (Å²) in [5.74, 6) is 3.58. The summed E-state index contributed by atoms with van der Waals surface area (Å²) < 4.78 is 5.81. The van der Waals surface area contributed by atoms with Crippen molar-refractivity contribution in [3.8, 4) is 5.88 Å². The fourth-order valence-electron chi connectivity index (χ4n) is 3.03. The third kappa shape index (κ3) is 4.15. The molecule has 1 aromatic heterocycles. The van der Waals surface area contributed by atoms with E-state index in [4.69, 9.17) is 4.74 Å². The summed E-state index contributed by atoms with van der Waals surface area (Å²) in [7, 11) is 0. The Morgan fingerprint density at radius 2 is 2.09 bits per heavy atom. The van der Waals surface area contributed by atoms with E-state index in [-0.39, 0.29) is 12.0 Å². The zero-order valence-electron chi connectivity index (χ0n) is 13.1. The molecule has 1 aliphatic carbocycles. The van der Waals surface area contributed by atoms with Crippen molar-refractivity contribution >= 4 is 17.7 Å². The van der Waals surface area contributed by atoms with Crippen LogP contribution in [0.3, 0.4) is 0 Å². The molecule has 1 saturated carbocycles. The second kappa shape index (κ2) is 7.36. The SMILES string of the molecule is CC1CCC(NC(=O)c2ccc(OC3CCSC3)nc2)CC1. The molecule has 3 rings (SSSR count). The summed E-state index contributed by atoms with van der Waals surface area (Å²) in [6, 6.07) is 3.93. The minimum atomic E-state index is -0.0185. The number of nitrogens with one attached hydrogen (secondary N) is 1. The molecule has 1 amide bonds. The van der Waals surface area contributed by atoms with Crippen molar-refractivity contribution in [2.45, 2.75) is 51.2 Å². The van der Waals surface area contributed by atoms with Gasteiger partial charge in [0.1, 0.15) is 6.10 Å². The number of hydrogen-bond donors (Lipinski definition) is 1. The standard InChI is InChI=1S/C17H24N2O2S/c1-12-2-5-14(6-3-12)19-17(20)13-4-7-16(18-10-13)21-15-8-9-22-11-15/h4,7,10,12,14-15H,2-3,5-6,8-9,11H2,1H3,(H,19,20). The average Bonchev–Trinajstić information content (AvgIpc) is 3.03. The average molecular weight is 320 g/mol. The van der Waals surface area contributed by atoms with Crippen LogP contribution in [0.25, 0.3) is 0 Å². The molecule has 4 nitrogen and oxygen atoms in total. The molecule has 0 spiro atoms. The molecule has 2 fully saturated rings. The maximum atomic E-state index is 12.3. The minimum Gasteiger partial charge on any atom is -0.473 e. The van der Waals surface area contributed by atoms with Crippen LogP contribution >= 0.6 is 11.8 Å². The van der Waals surface area contributed by atoms with Gasteiger partial charge in [-0.15, -0.1) is 0 Å². The van der Waals surface area contributed by atoms with Crippen molar-refractivity contribution < 1.29 is 9.53 Å². The molecular weight excluding hydrogens is 296 g/mol. The summed E-state index contributed by atoms with van der Waals surface area (Å²) >= 11 is 1.91. The highest BCUT2D eigenvalue weighted by Gasteiger charge is 2.21. The Balaban J connectivity index is 1.51. The maximum Gasteiger partial charge on any atom is 0.253 e. The number of nitrogens with zero attached hydrogens (tertiary/aromatic N) is 1. The summed E-state index contributed by atoms with van der Waals surface area (Å²) in [5, 5.41) is 3.13. The molecular formula is C17H24N2O2S. The van der Waals surface area contributed by atoms with Gasteiger partial charge in [-0.3, -0.25) is 4.79 Å². The molecule has 1 aliphatic heterocycles. The lowest BCUT2D eigenvalue weighted by molar-refractivity contribution is 0.0922. The molecule has 0 aromatic carbocycles. The Kier molecular flexibility index (Phi) is 5.24. The number of thioether (sulfide) groups is 1. The minimum absolute atomic E-state index is 0.0185. The molecule has 1 unspecified atom stereocenters. The molecule has 120 valence electrons. The van der Waals surface area contributed by atoms with Crippen LogP contribution in [0.4, 0.5) is 0 Å². The van der Waals surface area contributed by atoms with Crippen molar-refractivity contribution in [3.63, 3.8) is 0 Å². The molecule has 1 atom stereocenters. The van der Waals surface area contributed by atoms with E-state index >= 15 is 0 Å². The van der Waals surface area contributed by atoms with Crippen LogP contribution in [0.15, 0.2) is 18.3 Å². The Hall–Kier alpha value is -1.23. The van der Waals surface area contributed by atoms with E-state index < -0.39 is 0 Å². The van der Waals surface area contributed by atoms with Crippen LogP contribution in [-0.2, 0) is 0 Å². The van der Waals surface area contributed by atoms with Crippen molar-refractivity contribution in [1.82, 2.24) is 10.3 Å². The first-order valence-corrected chi connectivity index (χ1v) is 9.37.